The molecule has 0 N–H and O–H groups in total. The average molecular weight is 582 g/mol. The molecule has 1 heterocycles. The predicted molar refractivity (Wildman–Crippen MR) is 198 cm³/mol. The Balaban J connectivity index is 1.38. The number of hydrogen-bond donors (Lipinski definition) is 0. The van der Waals surface area contributed by atoms with E-state index in [4.69, 9.17) is 4.98 Å². The summed E-state index contributed by atoms with van der Waals surface area (Å²) in [6.45, 7) is 0. The largest absolute Gasteiger partial charge is 0.246 e. The fraction of sp³-hybridized carbons (Fsp3) is 0. The van der Waals surface area contributed by atoms with Crippen LogP contribution < -0.4 is 0 Å². The molecule has 0 atom stereocenters. The lowest BCUT2D eigenvalue weighted by Gasteiger charge is -2.17. The van der Waals surface area contributed by atoms with Gasteiger partial charge in [-0.1, -0.05) is 152 Å². The minimum absolute atomic E-state index is 1.02. The van der Waals surface area contributed by atoms with Gasteiger partial charge in [0.15, 0.2) is 0 Å². The molecule has 10 aromatic rings. The van der Waals surface area contributed by atoms with Crippen molar-refractivity contribution < 1.29 is 0 Å². The van der Waals surface area contributed by atoms with Gasteiger partial charge in [-0.2, -0.15) is 0 Å². The Morgan fingerprint density at radius 2 is 0.891 bits per heavy atom. The smallest absolute Gasteiger partial charge is 0.0794 e. The highest BCUT2D eigenvalue weighted by Crippen LogP contribution is 2.43. The van der Waals surface area contributed by atoms with Gasteiger partial charge in [0.05, 0.1) is 11.2 Å². The Morgan fingerprint density at radius 3 is 1.72 bits per heavy atom. The molecule has 0 aliphatic rings. The van der Waals surface area contributed by atoms with Crippen LogP contribution in [0.2, 0.25) is 0 Å². The monoisotopic (exact) mass is 581 g/mol. The summed E-state index contributed by atoms with van der Waals surface area (Å²) in [5, 5.41) is 16.1. The standard InChI is InChI=1S/C45H27N/c1-2-13-31-26-32(21-20-28(31)10-1)44-40-25-23-30-12-4-6-15-34(30)43(40)39-19-9-18-38(45(39)46-44)42-27-41-33-14-5-3-11-29(33)22-24-37(41)35-16-7-8-17-36(35)42/h1-27H. The van der Waals surface area contributed by atoms with Crippen molar-refractivity contribution >= 4 is 75.5 Å². The van der Waals surface area contributed by atoms with Crippen LogP contribution in [-0.4, -0.2) is 4.98 Å². The van der Waals surface area contributed by atoms with Crippen molar-refractivity contribution in [3.05, 3.63) is 164 Å². The van der Waals surface area contributed by atoms with E-state index in [-0.39, 0.29) is 0 Å². The molecule has 0 bridgehead atoms. The molecule has 0 radical (unpaired) electrons. The van der Waals surface area contributed by atoms with Crippen molar-refractivity contribution in [3.8, 4) is 22.4 Å². The summed E-state index contributed by atoms with van der Waals surface area (Å²) in [5.41, 5.74) is 5.54. The Kier molecular flexibility index (Phi) is 5.35. The van der Waals surface area contributed by atoms with Crippen LogP contribution in [-0.2, 0) is 0 Å². The minimum Gasteiger partial charge on any atom is -0.246 e. The summed E-state index contributed by atoms with van der Waals surface area (Å²) in [6, 6.07) is 59.7. The summed E-state index contributed by atoms with van der Waals surface area (Å²) in [5.74, 6) is 0. The van der Waals surface area contributed by atoms with Crippen LogP contribution in [0.25, 0.3) is 97.9 Å². The van der Waals surface area contributed by atoms with Crippen molar-refractivity contribution in [2.45, 2.75) is 0 Å². The van der Waals surface area contributed by atoms with E-state index >= 15 is 0 Å². The van der Waals surface area contributed by atoms with Crippen LogP contribution in [0.15, 0.2) is 164 Å². The van der Waals surface area contributed by atoms with Gasteiger partial charge in [-0.25, -0.2) is 4.98 Å². The zero-order valence-corrected chi connectivity index (χ0v) is 25.0. The van der Waals surface area contributed by atoms with Gasteiger partial charge in [0.25, 0.3) is 0 Å². The molecule has 0 spiro atoms. The quantitative estimate of drug-likeness (QED) is 0.185. The van der Waals surface area contributed by atoms with Crippen molar-refractivity contribution in [1.82, 2.24) is 4.98 Å². The van der Waals surface area contributed by atoms with Crippen LogP contribution in [0.5, 0.6) is 0 Å². The van der Waals surface area contributed by atoms with Gasteiger partial charge in [0, 0.05) is 27.3 Å². The predicted octanol–water partition coefficient (Wildman–Crippen LogP) is 12.5. The highest BCUT2D eigenvalue weighted by atomic mass is 14.7. The van der Waals surface area contributed by atoms with E-state index in [0.29, 0.717) is 0 Å². The van der Waals surface area contributed by atoms with Gasteiger partial charge in [-0.05, 0) is 71.6 Å². The van der Waals surface area contributed by atoms with E-state index in [9.17, 15) is 0 Å². The molecule has 0 aliphatic carbocycles. The van der Waals surface area contributed by atoms with E-state index in [1.807, 2.05) is 0 Å². The third-order valence-corrected chi connectivity index (χ3v) is 9.79. The molecular formula is C45H27N. The summed E-state index contributed by atoms with van der Waals surface area (Å²) >= 11 is 0. The number of nitrogens with zero attached hydrogens (tertiary/aromatic N) is 1. The maximum Gasteiger partial charge on any atom is 0.0794 e. The molecule has 0 saturated heterocycles. The number of benzene rings is 9. The molecule has 1 aromatic heterocycles. The number of rotatable bonds is 2. The maximum absolute atomic E-state index is 5.61. The van der Waals surface area contributed by atoms with Crippen LogP contribution in [0.1, 0.15) is 0 Å². The molecule has 0 fully saturated rings. The lowest BCUT2D eigenvalue weighted by Crippen LogP contribution is -1.94. The Bertz CT molecular complexity index is 2860. The first-order valence-corrected chi connectivity index (χ1v) is 15.9. The Hall–Kier alpha value is -6.05. The second-order valence-electron chi connectivity index (χ2n) is 12.3. The second-order valence-corrected chi connectivity index (χ2v) is 12.3. The zero-order valence-electron chi connectivity index (χ0n) is 25.0. The van der Waals surface area contributed by atoms with Gasteiger partial charge in [0.2, 0.25) is 0 Å². The SMILES string of the molecule is c1ccc2cc(-c3nc4c(-c5cc6c7ccccc7ccc6c6ccccc56)cccc4c4c3ccc3ccccc34)ccc2c1. The molecule has 1 heteroatoms. The highest BCUT2D eigenvalue weighted by molar-refractivity contribution is 6.26. The molecule has 9 aromatic carbocycles. The molecule has 212 valence electrons. The van der Waals surface area contributed by atoms with E-state index in [0.717, 1.165) is 22.3 Å². The first kappa shape index (κ1) is 25.3. The van der Waals surface area contributed by atoms with Gasteiger partial charge in [-0.15, -0.1) is 0 Å². The van der Waals surface area contributed by atoms with Crippen molar-refractivity contribution in [2.24, 2.45) is 0 Å². The van der Waals surface area contributed by atoms with E-state index in [1.54, 1.807) is 0 Å². The fourth-order valence-electron chi connectivity index (χ4n) is 7.65. The molecule has 0 amide bonds. The third-order valence-electron chi connectivity index (χ3n) is 9.79. The summed E-state index contributed by atoms with van der Waals surface area (Å²) in [7, 11) is 0. The van der Waals surface area contributed by atoms with Crippen molar-refractivity contribution in [1.29, 1.82) is 0 Å². The summed E-state index contributed by atoms with van der Waals surface area (Å²) in [4.78, 5) is 5.61. The lowest BCUT2D eigenvalue weighted by atomic mass is 9.88. The van der Waals surface area contributed by atoms with E-state index < -0.39 is 0 Å². The maximum atomic E-state index is 5.61. The van der Waals surface area contributed by atoms with Crippen molar-refractivity contribution in [3.63, 3.8) is 0 Å². The number of fused-ring (bicyclic) bond motifs is 11. The number of pyridine rings is 1. The molecule has 1 nitrogen and oxygen atoms in total. The summed E-state index contributed by atoms with van der Waals surface area (Å²) in [6.07, 6.45) is 0. The van der Waals surface area contributed by atoms with E-state index in [1.165, 1.54) is 75.6 Å². The molecule has 46 heavy (non-hydrogen) atoms. The first-order chi connectivity index (χ1) is 22.8. The summed E-state index contributed by atoms with van der Waals surface area (Å²) < 4.78 is 0. The highest BCUT2D eigenvalue weighted by Gasteiger charge is 2.18. The molecular weight excluding hydrogens is 555 g/mol. The van der Waals surface area contributed by atoms with Gasteiger partial charge < -0.3 is 0 Å². The molecule has 0 aliphatic heterocycles. The van der Waals surface area contributed by atoms with Crippen molar-refractivity contribution in [2.75, 3.05) is 0 Å². The average Bonchev–Trinajstić information content (AvgIpc) is 3.13. The zero-order chi connectivity index (χ0) is 30.2. The lowest BCUT2D eigenvalue weighted by molar-refractivity contribution is 1.43. The Morgan fingerprint density at radius 1 is 0.304 bits per heavy atom. The van der Waals surface area contributed by atoms with Gasteiger partial charge >= 0.3 is 0 Å². The van der Waals surface area contributed by atoms with Crippen LogP contribution in [0, 0.1) is 0 Å². The number of para-hydroxylation sites is 1. The fourth-order valence-corrected chi connectivity index (χ4v) is 7.65. The topological polar surface area (TPSA) is 12.9 Å². The minimum atomic E-state index is 1.02. The number of aromatic nitrogens is 1. The normalized spacial score (nSPS) is 11.9. The van der Waals surface area contributed by atoms with Gasteiger partial charge in [-0.3, -0.25) is 0 Å². The molecule has 0 unspecified atom stereocenters. The van der Waals surface area contributed by atoms with E-state index in [2.05, 4.69) is 164 Å². The van der Waals surface area contributed by atoms with Crippen LogP contribution in [0.3, 0.4) is 0 Å². The second kappa shape index (κ2) is 9.72. The third kappa shape index (κ3) is 3.66. The van der Waals surface area contributed by atoms with Crippen LogP contribution in [0.4, 0.5) is 0 Å². The molecule has 10 rings (SSSR count). The molecule has 0 saturated carbocycles. The first-order valence-electron chi connectivity index (χ1n) is 15.9. The number of hydrogen-bond acceptors (Lipinski definition) is 1. The van der Waals surface area contributed by atoms with Gasteiger partial charge in [0.1, 0.15) is 0 Å². The Labute approximate surface area is 266 Å². The van der Waals surface area contributed by atoms with Crippen LogP contribution >= 0.6 is 0 Å².